The molecule has 0 saturated heterocycles. The van der Waals surface area contributed by atoms with Crippen molar-refractivity contribution in [3.05, 3.63) is 29.3 Å². The molecule has 0 heterocycles. The van der Waals surface area contributed by atoms with E-state index in [0.717, 1.165) is 17.7 Å². The molecule has 116 valence electrons. The summed E-state index contributed by atoms with van der Waals surface area (Å²) in [6.07, 6.45) is 10.7. The van der Waals surface area contributed by atoms with Crippen molar-refractivity contribution in [2.24, 2.45) is 5.92 Å². The van der Waals surface area contributed by atoms with Crippen LogP contribution in [0.1, 0.15) is 69.0 Å². The first-order chi connectivity index (χ1) is 10.3. The number of ether oxygens (including phenoxy) is 1. The third kappa shape index (κ3) is 3.42. The molecule has 0 radical (unpaired) electrons. The second kappa shape index (κ2) is 6.83. The molecule has 2 aliphatic rings. The Balaban J connectivity index is 1.67. The first-order valence-electron chi connectivity index (χ1n) is 8.73. The van der Waals surface area contributed by atoms with E-state index in [9.17, 15) is 0 Å². The average molecular weight is 287 g/mol. The summed E-state index contributed by atoms with van der Waals surface area (Å²) in [5.41, 5.74) is 3.00. The Labute approximate surface area is 129 Å². The van der Waals surface area contributed by atoms with Crippen LogP contribution >= 0.6 is 0 Å². The van der Waals surface area contributed by atoms with Crippen LogP contribution in [0.15, 0.2) is 18.2 Å². The molecule has 0 amide bonds. The topological polar surface area (TPSA) is 21.3 Å². The summed E-state index contributed by atoms with van der Waals surface area (Å²) >= 11 is 0. The van der Waals surface area contributed by atoms with Gasteiger partial charge >= 0.3 is 0 Å². The minimum Gasteiger partial charge on any atom is -0.497 e. The number of benzene rings is 1. The number of hydrogen-bond acceptors (Lipinski definition) is 2. The van der Waals surface area contributed by atoms with Crippen LogP contribution in [-0.4, -0.2) is 13.2 Å². The van der Waals surface area contributed by atoms with Gasteiger partial charge in [0.15, 0.2) is 0 Å². The van der Waals surface area contributed by atoms with Crippen LogP contribution in [0.25, 0.3) is 0 Å². The van der Waals surface area contributed by atoms with Crippen LogP contribution in [0.2, 0.25) is 0 Å². The van der Waals surface area contributed by atoms with Crippen molar-refractivity contribution in [1.29, 1.82) is 0 Å². The number of methoxy groups -OCH3 is 1. The van der Waals surface area contributed by atoms with Gasteiger partial charge in [-0.2, -0.15) is 0 Å². The summed E-state index contributed by atoms with van der Waals surface area (Å²) in [6.45, 7) is 2.34. The zero-order valence-electron chi connectivity index (χ0n) is 13.5. The van der Waals surface area contributed by atoms with Crippen LogP contribution in [-0.2, 0) is 6.42 Å². The molecule has 1 atom stereocenters. The Morgan fingerprint density at radius 1 is 1.14 bits per heavy atom. The minimum atomic E-state index is 0.534. The molecular formula is C19H29NO. The molecule has 2 nitrogen and oxygen atoms in total. The fourth-order valence-corrected chi connectivity index (χ4v) is 4.10. The van der Waals surface area contributed by atoms with Gasteiger partial charge in [-0.3, -0.25) is 0 Å². The Bertz CT molecular complexity index is 463. The van der Waals surface area contributed by atoms with E-state index in [2.05, 4.69) is 30.4 Å². The monoisotopic (exact) mass is 287 g/mol. The second-order valence-corrected chi connectivity index (χ2v) is 6.80. The fourth-order valence-electron chi connectivity index (χ4n) is 4.10. The van der Waals surface area contributed by atoms with Crippen molar-refractivity contribution in [2.45, 2.75) is 70.4 Å². The molecule has 1 unspecified atom stereocenters. The Morgan fingerprint density at radius 3 is 2.67 bits per heavy atom. The summed E-state index contributed by atoms with van der Waals surface area (Å²) in [5, 5.41) is 3.95. The van der Waals surface area contributed by atoms with Gasteiger partial charge in [0.25, 0.3) is 0 Å². The lowest BCUT2D eigenvalue weighted by molar-refractivity contribution is 0.261. The molecule has 2 heteroatoms. The molecule has 0 aliphatic heterocycles. The SMILES string of the molecule is CCC1CCC(NC2CCCc3ccc(OC)cc32)CC1. The van der Waals surface area contributed by atoms with E-state index in [1.54, 1.807) is 7.11 Å². The van der Waals surface area contributed by atoms with E-state index in [0.29, 0.717) is 6.04 Å². The standard InChI is InChI=1S/C19H29NO/c1-3-14-7-10-16(11-8-14)20-19-6-4-5-15-9-12-17(21-2)13-18(15)19/h9,12-14,16,19-20H,3-8,10-11H2,1-2H3. The van der Waals surface area contributed by atoms with Crippen molar-refractivity contribution >= 4 is 0 Å². The highest BCUT2D eigenvalue weighted by molar-refractivity contribution is 5.39. The first kappa shape index (κ1) is 14.9. The number of rotatable bonds is 4. The first-order valence-corrected chi connectivity index (χ1v) is 8.73. The lowest BCUT2D eigenvalue weighted by atomic mass is 9.82. The van der Waals surface area contributed by atoms with Crippen molar-refractivity contribution in [3.63, 3.8) is 0 Å². The summed E-state index contributed by atoms with van der Waals surface area (Å²) < 4.78 is 5.42. The Hall–Kier alpha value is -1.02. The molecule has 1 fully saturated rings. The molecule has 0 spiro atoms. The number of aryl methyl sites for hydroxylation is 1. The van der Waals surface area contributed by atoms with Crippen molar-refractivity contribution in [1.82, 2.24) is 5.32 Å². The zero-order chi connectivity index (χ0) is 14.7. The van der Waals surface area contributed by atoms with Crippen LogP contribution in [0.3, 0.4) is 0 Å². The van der Waals surface area contributed by atoms with Crippen molar-refractivity contribution in [3.8, 4) is 5.75 Å². The van der Waals surface area contributed by atoms with Crippen LogP contribution in [0, 0.1) is 5.92 Å². The molecule has 0 aromatic heterocycles. The summed E-state index contributed by atoms with van der Waals surface area (Å²) in [5.74, 6) is 1.97. The highest BCUT2D eigenvalue weighted by Crippen LogP contribution is 2.35. The van der Waals surface area contributed by atoms with Gasteiger partial charge in [0.1, 0.15) is 5.75 Å². The normalized spacial score (nSPS) is 29.0. The molecule has 1 aromatic carbocycles. The Morgan fingerprint density at radius 2 is 1.95 bits per heavy atom. The highest BCUT2D eigenvalue weighted by Gasteiger charge is 2.26. The summed E-state index contributed by atoms with van der Waals surface area (Å²) in [7, 11) is 1.76. The van der Waals surface area contributed by atoms with E-state index < -0.39 is 0 Å². The molecule has 1 saturated carbocycles. The smallest absolute Gasteiger partial charge is 0.119 e. The van der Waals surface area contributed by atoms with Gasteiger partial charge < -0.3 is 10.1 Å². The number of fused-ring (bicyclic) bond motifs is 1. The maximum absolute atomic E-state index is 5.42. The average Bonchev–Trinajstić information content (AvgIpc) is 2.55. The van der Waals surface area contributed by atoms with Gasteiger partial charge in [0, 0.05) is 12.1 Å². The quantitative estimate of drug-likeness (QED) is 0.871. The highest BCUT2D eigenvalue weighted by atomic mass is 16.5. The lowest BCUT2D eigenvalue weighted by Crippen LogP contribution is -2.37. The van der Waals surface area contributed by atoms with E-state index in [1.165, 1.54) is 62.5 Å². The van der Waals surface area contributed by atoms with E-state index in [4.69, 9.17) is 4.74 Å². The predicted molar refractivity (Wildman–Crippen MR) is 87.8 cm³/mol. The molecule has 2 aliphatic carbocycles. The van der Waals surface area contributed by atoms with Crippen molar-refractivity contribution in [2.75, 3.05) is 7.11 Å². The van der Waals surface area contributed by atoms with E-state index in [-0.39, 0.29) is 0 Å². The van der Waals surface area contributed by atoms with E-state index in [1.807, 2.05) is 0 Å². The van der Waals surface area contributed by atoms with Gasteiger partial charge in [0.05, 0.1) is 7.11 Å². The van der Waals surface area contributed by atoms with Crippen LogP contribution < -0.4 is 10.1 Å². The second-order valence-electron chi connectivity index (χ2n) is 6.80. The molecule has 1 N–H and O–H groups in total. The lowest BCUT2D eigenvalue weighted by Gasteiger charge is -2.34. The number of nitrogens with one attached hydrogen (secondary N) is 1. The Kier molecular flexibility index (Phi) is 4.84. The maximum Gasteiger partial charge on any atom is 0.119 e. The molecule has 1 aromatic rings. The summed E-state index contributed by atoms with van der Waals surface area (Å²) in [6, 6.07) is 7.87. The molecule has 3 rings (SSSR count). The third-order valence-corrected chi connectivity index (χ3v) is 5.53. The van der Waals surface area contributed by atoms with Gasteiger partial charge in [-0.15, -0.1) is 0 Å². The zero-order valence-corrected chi connectivity index (χ0v) is 13.5. The molecule has 0 bridgehead atoms. The molecular weight excluding hydrogens is 258 g/mol. The van der Waals surface area contributed by atoms with Gasteiger partial charge in [-0.05, 0) is 74.1 Å². The van der Waals surface area contributed by atoms with E-state index >= 15 is 0 Å². The van der Waals surface area contributed by atoms with Gasteiger partial charge in [-0.25, -0.2) is 0 Å². The number of hydrogen-bond donors (Lipinski definition) is 1. The summed E-state index contributed by atoms with van der Waals surface area (Å²) in [4.78, 5) is 0. The predicted octanol–water partition coefficient (Wildman–Crippen LogP) is 4.63. The van der Waals surface area contributed by atoms with Gasteiger partial charge in [0.2, 0.25) is 0 Å². The van der Waals surface area contributed by atoms with Crippen LogP contribution in [0.5, 0.6) is 5.75 Å². The molecule has 21 heavy (non-hydrogen) atoms. The van der Waals surface area contributed by atoms with Crippen molar-refractivity contribution < 1.29 is 4.74 Å². The minimum absolute atomic E-state index is 0.534. The fraction of sp³-hybridized carbons (Fsp3) is 0.684. The largest absolute Gasteiger partial charge is 0.497 e. The van der Waals surface area contributed by atoms with Crippen LogP contribution in [0.4, 0.5) is 0 Å². The third-order valence-electron chi connectivity index (χ3n) is 5.53. The van der Waals surface area contributed by atoms with Gasteiger partial charge in [-0.1, -0.05) is 19.4 Å². The maximum atomic E-state index is 5.42.